The van der Waals surface area contributed by atoms with Gasteiger partial charge in [-0.15, -0.1) is 23.5 Å². The molecule has 20 heavy (non-hydrogen) atoms. The van der Waals surface area contributed by atoms with Gasteiger partial charge in [0, 0.05) is 6.61 Å². The van der Waals surface area contributed by atoms with Crippen molar-refractivity contribution in [2.24, 2.45) is 0 Å². The van der Waals surface area contributed by atoms with Gasteiger partial charge in [0.25, 0.3) is 0 Å². The Morgan fingerprint density at radius 2 is 2.10 bits per heavy atom. The van der Waals surface area contributed by atoms with E-state index in [4.69, 9.17) is 9.47 Å². The zero-order valence-electron chi connectivity index (χ0n) is 11.7. The molecule has 1 aromatic rings. The van der Waals surface area contributed by atoms with Crippen LogP contribution in [-0.4, -0.2) is 28.6 Å². The summed E-state index contributed by atoms with van der Waals surface area (Å²) in [6.07, 6.45) is 4.72. The quantitative estimate of drug-likeness (QED) is 0.608. The number of hydrogen-bond acceptors (Lipinski definition) is 4. The van der Waals surface area contributed by atoms with Crippen LogP contribution in [0.1, 0.15) is 19.4 Å². The number of ether oxygens (including phenoxy) is 2. The lowest BCUT2D eigenvalue weighted by molar-refractivity contribution is 0.0634. The van der Waals surface area contributed by atoms with Crippen molar-refractivity contribution in [2.75, 3.05) is 13.2 Å². The van der Waals surface area contributed by atoms with Crippen LogP contribution in [0.4, 0.5) is 0 Å². The van der Waals surface area contributed by atoms with Crippen molar-refractivity contribution in [3.63, 3.8) is 0 Å². The maximum absolute atomic E-state index is 6.08. The fourth-order valence-corrected chi connectivity index (χ4v) is 6.42. The summed E-state index contributed by atoms with van der Waals surface area (Å²) in [6, 6.07) is 8.53. The summed E-state index contributed by atoms with van der Waals surface area (Å²) < 4.78 is 11.8. The zero-order valence-corrected chi connectivity index (χ0v) is 13.3. The highest BCUT2D eigenvalue weighted by molar-refractivity contribution is 8.14. The molecule has 0 aromatic heterocycles. The molecular weight excluding hydrogens is 288 g/mol. The van der Waals surface area contributed by atoms with Crippen molar-refractivity contribution < 1.29 is 9.47 Å². The lowest BCUT2D eigenvalue weighted by atomic mass is 9.87. The first-order valence-electron chi connectivity index (χ1n) is 7.17. The Labute approximate surface area is 128 Å². The first-order chi connectivity index (χ1) is 9.75. The van der Waals surface area contributed by atoms with E-state index in [1.165, 1.54) is 5.56 Å². The number of benzene rings is 1. The highest BCUT2D eigenvalue weighted by Crippen LogP contribution is 2.79. The minimum absolute atomic E-state index is 0.0375. The predicted octanol–water partition coefficient (Wildman–Crippen LogP) is 3.81. The van der Waals surface area contributed by atoms with Gasteiger partial charge < -0.3 is 9.47 Å². The van der Waals surface area contributed by atoms with Crippen LogP contribution < -0.4 is 4.74 Å². The average Bonchev–Trinajstić information content (AvgIpc) is 3.32. The third-order valence-corrected chi connectivity index (χ3v) is 7.48. The molecule has 106 valence electrons. The molecule has 0 N–H and O–H groups in total. The molecule has 2 aliphatic heterocycles. The third-order valence-electron chi connectivity index (χ3n) is 4.15. The monoisotopic (exact) mass is 306 g/mol. The first kappa shape index (κ1) is 13.1. The Morgan fingerprint density at radius 3 is 2.90 bits per heavy atom. The zero-order chi connectivity index (χ0) is 13.8. The second-order valence-corrected chi connectivity index (χ2v) is 8.07. The van der Waals surface area contributed by atoms with Crippen LogP contribution in [0.15, 0.2) is 36.4 Å². The molecule has 4 unspecified atom stereocenters. The molecular formula is C16H18O2S2. The van der Waals surface area contributed by atoms with E-state index >= 15 is 0 Å². The summed E-state index contributed by atoms with van der Waals surface area (Å²) in [4.78, 5) is 0.0375. The molecule has 2 saturated heterocycles. The van der Waals surface area contributed by atoms with Gasteiger partial charge in [0.2, 0.25) is 0 Å². The summed E-state index contributed by atoms with van der Waals surface area (Å²) in [6.45, 7) is 5.62. The maximum Gasteiger partial charge on any atom is 0.143 e. The van der Waals surface area contributed by atoms with Crippen LogP contribution in [0.2, 0.25) is 0 Å². The van der Waals surface area contributed by atoms with E-state index in [2.05, 4.69) is 37.3 Å². The summed E-state index contributed by atoms with van der Waals surface area (Å²) in [5.41, 5.74) is 1.35. The second-order valence-electron chi connectivity index (χ2n) is 5.30. The Kier molecular flexibility index (Phi) is 2.92. The van der Waals surface area contributed by atoms with E-state index in [-0.39, 0.29) is 9.68 Å². The van der Waals surface area contributed by atoms with Crippen LogP contribution in [0.25, 0.3) is 0 Å². The van der Waals surface area contributed by atoms with Crippen molar-refractivity contribution in [1.29, 1.82) is 0 Å². The lowest BCUT2D eigenvalue weighted by Crippen LogP contribution is -2.32. The lowest BCUT2D eigenvalue weighted by Gasteiger charge is -2.21. The van der Waals surface area contributed by atoms with Crippen molar-refractivity contribution >= 4 is 23.5 Å². The molecule has 3 aliphatic rings. The van der Waals surface area contributed by atoms with E-state index in [0.29, 0.717) is 17.1 Å². The molecule has 2 fully saturated rings. The van der Waals surface area contributed by atoms with Gasteiger partial charge in [0.05, 0.1) is 21.9 Å². The molecule has 1 aromatic carbocycles. The standard InChI is InChI=1S/C16H18O2S2/c1-3-17-12-7-5-6-11(10-12)15-9-8-13-16(19-13,18-4-2)14(15)20-15/h5-10,13-14H,3-4H2,1-2H3. The van der Waals surface area contributed by atoms with Crippen LogP contribution in [0.5, 0.6) is 5.75 Å². The minimum atomic E-state index is 0.0375. The number of thioether (sulfide) groups is 2. The SMILES string of the molecule is CCOc1cccc(C23C=CC4SC4(OCC)C2S3)c1. The molecule has 0 amide bonds. The number of hydrogen-bond donors (Lipinski definition) is 0. The van der Waals surface area contributed by atoms with Crippen molar-refractivity contribution in [3.8, 4) is 5.75 Å². The van der Waals surface area contributed by atoms with Gasteiger partial charge in [-0.05, 0) is 31.5 Å². The van der Waals surface area contributed by atoms with Crippen LogP contribution in [-0.2, 0) is 9.48 Å². The topological polar surface area (TPSA) is 18.5 Å². The fraction of sp³-hybridized carbons (Fsp3) is 0.500. The van der Waals surface area contributed by atoms with Crippen molar-refractivity contribution in [3.05, 3.63) is 42.0 Å². The predicted molar refractivity (Wildman–Crippen MR) is 85.5 cm³/mol. The molecule has 2 nitrogen and oxygen atoms in total. The minimum Gasteiger partial charge on any atom is -0.494 e. The molecule has 4 atom stereocenters. The van der Waals surface area contributed by atoms with Gasteiger partial charge in [-0.25, -0.2) is 0 Å². The summed E-state index contributed by atoms with van der Waals surface area (Å²) in [5.74, 6) is 0.968. The van der Waals surface area contributed by atoms with E-state index in [9.17, 15) is 0 Å². The highest BCUT2D eigenvalue weighted by atomic mass is 32.2. The molecule has 0 bridgehead atoms. The smallest absolute Gasteiger partial charge is 0.143 e. The van der Waals surface area contributed by atoms with Gasteiger partial charge >= 0.3 is 0 Å². The Hall–Kier alpha value is -0.580. The molecule has 1 aliphatic carbocycles. The number of rotatable bonds is 5. The van der Waals surface area contributed by atoms with E-state index in [1.807, 2.05) is 36.5 Å². The molecule has 4 heteroatoms. The molecule has 2 heterocycles. The van der Waals surface area contributed by atoms with Crippen LogP contribution in [0.3, 0.4) is 0 Å². The number of fused-ring (bicyclic) bond motifs is 3. The van der Waals surface area contributed by atoms with Gasteiger partial charge in [0.15, 0.2) is 0 Å². The van der Waals surface area contributed by atoms with Gasteiger partial charge in [0.1, 0.15) is 10.7 Å². The van der Waals surface area contributed by atoms with Crippen molar-refractivity contribution in [1.82, 2.24) is 0 Å². The second kappa shape index (κ2) is 4.46. The molecule has 0 saturated carbocycles. The van der Waals surface area contributed by atoms with Gasteiger partial charge in [-0.3, -0.25) is 0 Å². The van der Waals surface area contributed by atoms with Crippen molar-refractivity contribution in [2.45, 2.75) is 34.0 Å². The first-order valence-corrected chi connectivity index (χ1v) is 8.93. The molecule has 0 spiro atoms. The van der Waals surface area contributed by atoms with Gasteiger partial charge in [-0.2, -0.15) is 0 Å². The van der Waals surface area contributed by atoms with Gasteiger partial charge in [-0.1, -0.05) is 24.3 Å². The third kappa shape index (κ3) is 1.71. The van der Waals surface area contributed by atoms with Crippen LogP contribution >= 0.6 is 23.5 Å². The summed E-state index contributed by atoms with van der Waals surface area (Å²) in [7, 11) is 0. The highest BCUT2D eigenvalue weighted by Gasteiger charge is 2.77. The van der Waals surface area contributed by atoms with E-state index < -0.39 is 0 Å². The van der Waals surface area contributed by atoms with E-state index in [1.54, 1.807) is 0 Å². The summed E-state index contributed by atoms with van der Waals surface area (Å²) >= 11 is 3.99. The molecule has 0 radical (unpaired) electrons. The largest absolute Gasteiger partial charge is 0.494 e. The Balaban J connectivity index is 1.66. The fourth-order valence-electron chi connectivity index (χ4n) is 3.18. The Morgan fingerprint density at radius 1 is 1.20 bits per heavy atom. The summed E-state index contributed by atoms with van der Waals surface area (Å²) in [5, 5.41) is 1.11. The Bertz CT molecular complexity index is 573. The molecule has 4 rings (SSSR count). The maximum atomic E-state index is 6.08. The normalized spacial score (nSPS) is 39.9. The average molecular weight is 306 g/mol. The van der Waals surface area contributed by atoms with E-state index in [0.717, 1.165) is 12.4 Å². The van der Waals surface area contributed by atoms with Crippen LogP contribution in [0, 0.1) is 0 Å².